The topological polar surface area (TPSA) is 25.8 Å². The van der Waals surface area contributed by atoms with Gasteiger partial charge in [0.1, 0.15) is 10.0 Å². The van der Waals surface area contributed by atoms with Gasteiger partial charge in [-0.15, -0.1) is 10.2 Å². The first-order chi connectivity index (χ1) is 6.16. The van der Waals surface area contributed by atoms with Crippen LogP contribution in [0.2, 0.25) is 0 Å². The summed E-state index contributed by atoms with van der Waals surface area (Å²) in [6.07, 6.45) is 3.50. The molecule has 0 amide bonds. The highest BCUT2D eigenvalue weighted by atomic mass is 32.1. The zero-order chi connectivity index (χ0) is 9.42. The van der Waals surface area contributed by atoms with E-state index in [1.165, 1.54) is 5.57 Å². The Kier molecular flexibility index (Phi) is 2.20. The molecule has 1 aromatic rings. The van der Waals surface area contributed by atoms with Crippen molar-refractivity contribution in [3.63, 3.8) is 0 Å². The molecule has 1 aliphatic carbocycles. The van der Waals surface area contributed by atoms with E-state index in [4.69, 9.17) is 0 Å². The quantitative estimate of drug-likeness (QED) is 0.687. The lowest BCUT2D eigenvalue weighted by atomic mass is 10.00. The normalized spacial score (nSPS) is 27.8. The van der Waals surface area contributed by atoms with E-state index in [1.54, 1.807) is 11.3 Å². The fraction of sp³-hybridized carbons (Fsp3) is 0.600. The summed E-state index contributed by atoms with van der Waals surface area (Å²) in [4.78, 5) is 0. The molecule has 0 fully saturated rings. The van der Waals surface area contributed by atoms with Crippen molar-refractivity contribution in [1.29, 1.82) is 0 Å². The van der Waals surface area contributed by atoms with Crippen LogP contribution in [0.3, 0.4) is 0 Å². The summed E-state index contributed by atoms with van der Waals surface area (Å²) in [5, 5.41) is 10.4. The van der Waals surface area contributed by atoms with Gasteiger partial charge in [-0.1, -0.05) is 31.3 Å². The monoisotopic (exact) mass is 194 g/mol. The third-order valence-corrected chi connectivity index (χ3v) is 3.62. The second kappa shape index (κ2) is 3.22. The van der Waals surface area contributed by atoms with Crippen molar-refractivity contribution in [2.45, 2.75) is 27.2 Å². The molecule has 2 atom stereocenters. The fourth-order valence-electron chi connectivity index (χ4n) is 1.67. The Bertz CT molecular complexity index is 340. The van der Waals surface area contributed by atoms with Crippen LogP contribution in [0.15, 0.2) is 6.08 Å². The molecule has 0 aliphatic heterocycles. The third kappa shape index (κ3) is 1.66. The molecule has 0 aromatic carbocycles. The molecular weight excluding hydrogens is 180 g/mol. The lowest BCUT2D eigenvalue weighted by Crippen LogP contribution is -1.96. The van der Waals surface area contributed by atoms with Crippen LogP contribution in [-0.4, -0.2) is 10.2 Å². The van der Waals surface area contributed by atoms with Gasteiger partial charge in [0.05, 0.1) is 0 Å². The van der Waals surface area contributed by atoms with Crippen LogP contribution < -0.4 is 0 Å². The molecule has 0 N–H and O–H groups in total. The predicted molar refractivity (Wildman–Crippen MR) is 55.6 cm³/mol. The van der Waals surface area contributed by atoms with E-state index < -0.39 is 0 Å². The summed E-state index contributed by atoms with van der Waals surface area (Å²) in [6.45, 7) is 6.57. The number of hydrogen-bond donors (Lipinski definition) is 0. The van der Waals surface area contributed by atoms with Crippen molar-refractivity contribution < 1.29 is 0 Å². The summed E-state index contributed by atoms with van der Waals surface area (Å²) in [6, 6.07) is 0. The van der Waals surface area contributed by atoms with Gasteiger partial charge >= 0.3 is 0 Å². The van der Waals surface area contributed by atoms with E-state index >= 15 is 0 Å². The lowest BCUT2D eigenvalue weighted by molar-refractivity contribution is 0.500. The molecule has 3 heteroatoms. The van der Waals surface area contributed by atoms with Gasteiger partial charge in [0.15, 0.2) is 0 Å². The molecule has 0 radical (unpaired) electrons. The van der Waals surface area contributed by atoms with Gasteiger partial charge in [0.2, 0.25) is 0 Å². The van der Waals surface area contributed by atoms with Gasteiger partial charge < -0.3 is 0 Å². The molecule has 0 bridgehead atoms. The van der Waals surface area contributed by atoms with Crippen molar-refractivity contribution in [1.82, 2.24) is 10.2 Å². The molecule has 2 nitrogen and oxygen atoms in total. The molecular formula is C10H14N2S. The Balaban J connectivity index is 2.24. The van der Waals surface area contributed by atoms with E-state index in [0.717, 1.165) is 22.4 Å². The maximum absolute atomic E-state index is 4.17. The van der Waals surface area contributed by atoms with Gasteiger partial charge in [-0.2, -0.15) is 0 Å². The van der Waals surface area contributed by atoms with E-state index in [0.29, 0.717) is 5.92 Å². The standard InChI is InChI=1S/C10H14N2S/c1-6-4-9(5-7(6)2)10-12-11-8(3)13-10/h4,6-7H,5H2,1-3H3. The Hall–Kier alpha value is -0.700. The predicted octanol–water partition coefficient (Wildman–Crippen LogP) is 2.91. The summed E-state index contributed by atoms with van der Waals surface area (Å²) in [7, 11) is 0. The molecule has 1 aromatic heterocycles. The summed E-state index contributed by atoms with van der Waals surface area (Å²) in [5.74, 6) is 1.46. The van der Waals surface area contributed by atoms with Crippen LogP contribution in [0.5, 0.6) is 0 Å². The minimum atomic E-state index is 0.694. The zero-order valence-corrected chi connectivity index (χ0v) is 9.06. The highest BCUT2D eigenvalue weighted by molar-refractivity contribution is 7.12. The van der Waals surface area contributed by atoms with Crippen molar-refractivity contribution in [2.24, 2.45) is 11.8 Å². The number of allylic oxidation sites excluding steroid dienone is 2. The van der Waals surface area contributed by atoms with E-state index in [1.807, 2.05) is 6.92 Å². The highest BCUT2D eigenvalue weighted by Gasteiger charge is 2.22. The second-order valence-corrected chi connectivity index (χ2v) is 5.04. The second-order valence-electron chi connectivity index (χ2n) is 3.86. The Morgan fingerprint density at radius 3 is 2.62 bits per heavy atom. The van der Waals surface area contributed by atoms with E-state index in [-0.39, 0.29) is 0 Å². The maximum atomic E-state index is 4.17. The third-order valence-electron chi connectivity index (χ3n) is 2.70. The minimum Gasteiger partial charge on any atom is -0.144 e. The first-order valence-electron chi connectivity index (χ1n) is 4.68. The largest absolute Gasteiger partial charge is 0.144 e. The summed E-state index contributed by atoms with van der Waals surface area (Å²) in [5.41, 5.74) is 1.39. The minimum absolute atomic E-state index is 0.694. The molecule has 70 valence electrons. The number of nitrogens with zero attached hydrogens (tertiary/aromatic N) is 2. The Morgan fingerprint density at radius 2 is 2.15 bits per heavy atom. The molecule has 0 saturated heterocycles. The average Bonchev–Trinajstić information content (AvgIpc) is 2.61. The molecule has 1 heterocycles. The Labute approximate surface area is 82.7 Å². The van der Waals surface area contributed by atoms with Gasteiger partial charge in [-0.05, 0) is 30.8 Å². The fourth-order valence-corrected chi connectivity index (χ4v) is 2.39. The smallest absolute Gasteiger partial charge is 0.143 e. The van der Waals surface area contributed by atoms with Gasteiger partial charge in [0.25, 0.3) is 0 Å². The number of aryl methyl sites for hydroxylation is 1. The first kappa shape index (κ1) is 8.88. The van der Waals surface area contributed by atoms with Crippen LogP contribution in [0.25, 0.3) is 5.57 Å². The van der Waals surface area contributed by atoms with Crippen LogP contribution in [0.4, 0.5) is 0 Å². The van der Waals surface area contributed by atoms with Crippen LogP contribution in [0, 0.1) is 18.8 Å². The van der Waals surface area contributed by atoms with Crippen molar-refractivity contribution >= 4 is 16.9 Å². The summed E-state index contributed by atoms with van der Waals surface area (Å²) >= 11 is 1.70. The zero-order valence-electron chi connectivity index (χ0n) is 8.24. The molecule has 0 saturated carbocycles. The lowest BCUT2D eigenvalue weighted by Gasteiger charge is -2.05. The number of rotatable bonds is 1. The van der Waals surface area contributed by atoms with Gasteiger partial charge in [0, 0.05) is 0 Å². The van der Waals surface area contributed by atoms with Gasteiger partial charge in [-0.3, -0.25) is 0 Å². The molecule has 13 heavy (non-hydrogen) atoms. The first-order valence-corrected chi connectivity index (χ1v) is 5.49. The number of aromatic nitrogens is 2. The van der Waals surface area contributed by atoms with Crippen molar-refractivity contribution in [3.05, 3.63) is 16.1 Å². The van der Waals surface area contributed by atoms with Crippen molar-refractivity contribution in [3.8, 4) is 0 Å². The van der Waals surface area contributed by atoms with Crippen LogP contribution in [-0.2, 0) is 0 Å². The summed E-state index contributed by atoms with van der Waals surface area (Å²) < 4.78 is 0. The number of hydrogen-bond acceptors (Lipinski definition) is 3. The highest BCUT2D eigenvalue weighted by Crippen LogP contribution is 2.36. The molecule has 0 spiro atoms. The van der Waals surface area contributed by atoms with Crippen LogP contribution in [0.1, 0.15) is 30.3 Å². The van der Waals surface area contributed by atoms with Crippen molar-refractivity contribution in [2.75, 3.05) is 0 Å². The van der Waals surface area contributed by atoms with E-state index in [2.05, 4.69) is 30.1 Å². The molecule has 2 rings (SSSR count). The maximum Gasteiger partial charge on any atom is 0.143 e. The molecule has 2 unspecified atom stereocenters. The average molecular weight is 194 g/mol. The van der Waals surface area contributed by atoms with Crippen LogP contribution >= 0.6 is 11.3 Å². The SMILES string of the molecule is Cc1nnc(C2=CC(C)C(C)C2)s1. The van der Waals surface area contributed by atoms with E-state index in [9.17, 15) is 0 Å². The molecule has 1 aliphatic rings. The van der Waals surface area contributed by atoms with Gasteiger partial charge in [-0.25, -0.2) is 0 Å². The Morgan fingerprint density at radius 1 is 1.38 bits per heavy atom.